The first-order valence-electron chi connectivity index (χ1n) is 29.0. The molecule has 0 aliphatic carbocycles. The maximum atomic E-state index is 13.4. The molecule has 8 atom stereocenters. The lowest BCUT2D eigenvalue weighted by molar-refractivity contribution is -0.305. The first kappa shape index (κ1) is 68.8. The number of aliphatic hydroxyl groups excluding tert-OH is 5. The Morgan fingerprint density at radius 1 is 0.547 bits per heavy atom. The van der Waals surface area contributed by atoms with Gasteiger partial charge in [0.1, 0.15) is 24.4 Å². The van der Waals surface area contributed by atoms with E-state index >= 15 is 0 Å². The molecule has 0 saturated carbocycles. The van der Waals surface area contributed by atoms with Crippen molar-refractivity contribution in [2.24, 2.45) is 0 Å². The molecule has 0 aromatic rings. The van der Waals surface area contributed by atoms with Crippen LogP contribution >= 0.6 is 0 Å². The van der Waals surface area contributed by atoms with Gasteiger partial charge in [-0.05, 0) is 83.5 Å². The second kappa shape index (κ2) is 50.6. The maximum absolute atomic E-state index is 13.4. The van der Waals surface area contributed by atoms with Crippen molar-refractivity contribution in [1.82, 2.24) is 5.32 Å². The minimum atomic E-state index is -1.65. The Kier molecular flexibility index (Phi) is 46.4. The predicted octanol–water partition coefficient (Wildman–Crippen LogP) is 13.3. The number of hydrogen-bond donors (Lipinski definition) is 6. The summed E-state index contributed by atoms with van der Waals surface area (Å²) in [5.74, 6) is -1.31. The summed E-state index contributed by atoms with van der Waals surface area (Å²) in [7, 11) is 0. The average molecular weight is 1050 g/mol. The summed E-state index contributed by atoms with van der Waals surface area (Å²) < 4.78 is 17.5. The van der Waals surface area contributed by atoms with Crippen molar-refractivity contribution in [3.8, 4) is 0 Å². The van der Waals surface area contributed by atoms with Crippen molar-refractivity contribution < 1.29 is 49.3 Å². The molecule has 1 aliphatic heterocycles. The van der Waals surface area contributed by atoms with Gasteiger partial charge in [0.2, 0.25) is 5.91 Å². The Bertz CT molecular complexity index is 1720. The van der Waals surface area contributed by atoms with Crippen molar-refractivity contribution in [3.05, 3.63) is 134 Å². The molecular formula is C64H103NO10. The highest BCUT2D eigenvalue weighted by atomic mass is 16.7. The van der Waals surface area contributed by atoms with E-state index in [2.05, 4.69) is 68.6 Å². The molecule has 1 heterocycles. The lowest BCUT2D eigenvalue weighted by Crippen LogP contribution is -2.61. The molecule has 11 nitrogen and oxygen atoms in total. The van der Waals surface area contributed by atoms with Crippen LogP contribution in [0.4, 0.5) is 0 Å². The van der Waals surface area contributed by atoms with Crippen molar-refractivity contribution in [3.63, 3.8) is 0 Å². The van der Waals surface area contributed by atoms with E-state index in [9.17, 15) is 35.1 Å². The monoisotopic (exact) mass is 1050 g/mol. The molecule has 1 amide bonds. The van der Waals surface area contributed by atoms with Gasteiger partial charge in [0, 0.05) is 6.42 Å². The quantitative estimate of drug-likeness (QED) is 0.0149. The summed E-state index contributed by atoms with van der Waals surface area (Å²) in [6.45, 7) is 5.53. The zero-order valence-electron chi connectivity index (χ0n) is 46.6. The minimum absolute atomic E-state index is 0.0336. The second-order valence-corrected chi connectivity index (χ2v) is 19.4. The maximum Gasteiger partial charge on any atom is 0.306 e. The fourth-order valence-electron chi connectivity index (χ4n) is 8.08. The number of aliphatic hydroxyl groups is 5. The number of carbonyl (C=O) groups excluding carboxylic acids is 2. The molecule has 75 heavy (non-hydrogen) atoms. The topological polar surface area (TPSA) is 175 Å². The molecule has 8 unspecified atom stereocenters. The van der Waals surface area contributed by atoms with E-state index in [4.69, 9.17) is 14.2 Å². The molecule has 6 N–H and O–H groups in total. The van der Waals surface area contributed by atoms with Gasteiger partial charge in [-0.3, -0.25) is 9.59 Å². The van der Waals surface area contributed by atoms with Crippen LogP contribution in [-0.4, -0.2) is 99.6 Å². The number of ether oxygens (including phenoxy) is 3. The second-order valence-electron chi connectivity index (χ2n) is 19.4. The number of rotatable bonds is 46. The first-order chi connectivity index (χ1) is 36.7. The van der Waals surface area contributed by atoms with Crippen LogP contribution in [0.2, 0.25) is 0 Å². The molecule has 0 aromatic heterocycles. The van der Waals surface area contributed by atoms with Crippen LogP contribution in [0.25, 0.3) is 0 Å². The van der Waals surface area contributed by atoms with Crippen molar-refractivity contribution in [2.75, 3.05) is 13.2 Å². The van der Waals surface area contributed by atoms with Gasteiger partial charge in [0.25, 0.3) is 0 Å². The van der Waals surface area contributed by atoms with Crippen molar-refractivity contribution in [2.45, 2.75) is 243 Å². The van der Waals surface area contributed by atoms with Gasteiger partial charge >= 0.3 is 5.97 Å². The van der Waals surface area contributed by atoms with E-state index in [1.54, 1.807) is 6.08 Å². The molecule has 1 rings (SSSR count). The molecule has 1 aliphatic rings. The Labute approximate surface area is 454 Å². The smallest absolute Gasteiger partial charge is 0.306 e. The van der Waals surface area contributed by atoms with Crippen LogP contribution < -0.4 is 5.32 Å². The molecule has 424 valence electrons. The summed E-state index contributed by atoms with van der Waals surface area (Å²) in [4.78, 5) is 26.5. The number of carbonyl (C=O) groups is 2. The minimum Gasteiger partial charge on any atom is -0.454 e. The Hall–Kier alpha value is -4.20. The van der Waals surface area contributed by atoms with Crippen LogP contribution in [0.1, 0.15) is 194 Å². The molecule has 1 fully saturated rings. The molecule has 0 spiro atoms. The SMILES string of the molecule is CC\C=C/C=C/C=C/C=C\C=C\C=C\CCCCC(O)C(=O)NC(COC1OC(CO)C(O)C(O)C1OC(=O)CCC/C=C\C/C=C\C/C=C\C/C=C\CCCCC)C(O)/C=C/CCCCCCCCCCCCC. The molecule has 0 bridgehead atoms. The van der Waals surface area contributed by atoms with Gasteiger partial charge in [-0.15, -0.1) is 0 Å². The van der Waals surface area contributed by atoms with E-state index in [-0.39, 0.29) is 19.4 Å². The summed E-state index contributed by atoms with van der Waals surface area (Å²) >= 11 is 0. The highest BCUT2D eigenvalue weighted by Crippen LogP contribution is 2.26. The molecule has 11 heteroatoms. The number of nitrogens with one attached hydrogen (secondary N) is 1. The van der Waals surface area contributed by atoms with E-state index < -0.39 is 67.4 Å². The van der Waals surface area contributed by atoms with Crippen molar-refractivity contribution in [1.29, 1.82) is 0 Å². The van der Waals surface area contributed by atoms with Crippen LogP contribution in [0.3, 0.4) is 0 Å². The van der Waals surface area contributed by atoms with Crippen LogP contribution in [0.5, 0.6) is 0 Å². The fraction of sp³-hybridized carbons (Fsp3) is 0.625. The summed E-state index contributed by atoms with van der Waals surface area (Å²) in [5, 5.41) is 56.8. The fourth-order valence-corrected chi connectivity index (χ4v) is 8.08. The lowest BCUT2D eigenvalue weighted by atomic mass is 9.99. The predicted molar refractivity (Wildman–Crippen MR) is 310 cm³/mol. The first-order valence-corrected chi connectivity index (χ1v) is 29.0. The highest BCUT2D eigenvalue weighted by Gasteiger charge is 2.47. The number of allylic oxidation sites excluding steroid dienone is 21. The van der Waals surface area contributed by atoms with E-state index in [1.165, 1.54) is 70.6 Å². The Balaban J connectivity index is 2.83. The highest BCUT2D eigenvalue weighted by molar-refractivity contribution is 5.80. The van der Waals surface area contributed by atoms with Crippen LogP contribution in [0, 0.1) is 0 Å². The number of unbranched alkanes of at least 4 members (excludes halogenated alkanes) is 17. The molecule has 0 aromatic carbocycles. The number of esters is 1. The summed E-state index contributed by atoms with van der Waals surface area (Å²) in [6.07, 6.45) is 60.6. The van der Waals surface area contributed by atoms with E-state index in [0.717, 1.165) is 70.6 Å². The zero-order valence-corrected chi connectivity index (χ0v) is 46.6. The van der Waals surface area contributed by atoms with Gasteiger partial charge in [0.05, 0.1) is 25.4 Å². The van der Waals surface area contributed by atoms with E-state index in [0.29, 0.717) is 19.3 Å². The van der Waals surface area contributed by atoms with Crippen LogP contribution in [-0.2, 0) is 23.8 Å². The zero-order chi connectivity index (χ0) is 54.7. The normalized spacial score (nSPS) is 20.2. The van der Waals surface area contributed by atoms with Gasteiger partial charge in [-0.1, -0.05) is 238 Å². The van der Waals surface area contributed by atoms with Gasteiger partial charge in [-0.25, -0.2) is 0 Å². The van der Waals surface area contributed by atoms with Crippen molar-refractivity contribution >= 4 is 11.9 Å². The largest absolute Gasteiger partial charge is 0.454 e. The van der Waals surface area contributed by atoms with E-state index in [1.807, 2.05) is 85.1 Å². The third kappa shape index (κ3) is 38.9. The van der Waals surface area contributed by atoms with Gasteiger partial charge in [0.15, 0.2) is 12.4 Å². The standard InChI is InChI=1S/C64H103NO10/c1-4-7-10-13-16-19-22-25-27-29-31-34-37-40-43-46-49-52-59(69)75-62-61(71)60(70)58(53-66)74-64(62)73-54-55(56(67)50-47-44-41-38-35-32-24-21-18-15-12-9-6-3)65-63(72)57(68)51-48-45-42-39-36-33-30-28-26-23-20-17-14-11-8-5-2/h8,11,14,16-17,19-20,23,25-28,30-31,33-34,36,39-40,43,47,50,55-58,60-62,64,66-68,70-71H,4-7,9-10,12-13,15,18,21-22,24,29,32,35,37-38,41-42,44-46,48-49,51-54H2,1-3H3,(H,65,72)/b11-8-,17-14+,19-16-,23-20+,27-25-,28-26-,33-30+,34-31-,39-36+,43-40-,50-47+. The average Bonchev–Trinajstić information content (AvgIpc) is 3.41. The summed E-state index contributed by atoms with van der Waals surface area (Å²) in [5.41, 5.74) is 0. The van der Waals surface area contributed by atoms with Crippen LogP contribution in [0.15, 0.2) is 134 Å². The third-order valence-corrected chi connectivity index (χ3v) is 12.7. The summed E-state index contributed by atoms with van der Waals surface area (Å²) in [6, 6.07) is -1.07. The third-order valence-electron chi connectivity index (χ3n) is 12.7. The molecular weight excluding hydrogens is 943 g/mol. The van der Waals surface area contributed by atoms with Gasteiger partial charge in [-0.2, -0.15) is 0 Å². The Morgan fingerprint density at radius 3 is 1.59 bits per heavy atom. The lowest BCUT2D eigenvalue weighted by Gasteiger charge is -2.41. The number of hydrogen-bond acceptors (Lipinski definition) is 10. The molecule has 1 saturated heterocycles. The van der Waals surface area contributed by atoms with Gasteiger partial charge < -0.3 is 45.1 Å². The number of amides is 1. The Morgan fingerprint density at radius 2 is 1.01 bits per heavy atom. The molecule has 0 radical (unpaired) electrons.